The molecule has 142 heavy (non-hydrogen) atoms. The molecule has 0 fully saturated rings. The van der Waals surface area contributed by atoms with E-state index in [1.165, 1.54) is 129 Å². The molecule has 4 heterocycles. The van der Waals surface area contributed by atoms with Gasteiger partial charge in [0, 0.05) is 108 Å². The van der Waals surface area contributed by atoms with Crippen LogP contribution in [0.4, 0.5) is 55.6 Å². The Balaban J connectivity index is 0.000000116. The maximum Gasteiger partial charge on any atom is 0.159 e. The molecule has 0 N–H and O–H groups in total. The molecule has 0 bridgehead atoms. The Morgan fingerprint density at radius 1 is 0.254 bits per heavy atom. The predicted molar refractivity (Wildman–Crippen MR) is 603 cm³/mol. The van der Waals surface area contributed by atoms with Crippen molar-refractivity contribution in [3.8, 4) is 89.4 Å². The Hall–Kier alpha value is -18.0. The summed E-state index contributed by atoms with van der Waals surface area (Å²) in [5.74, 6) is 0.453. The summed E-state index contributed by atoms with van der Waals surface area (Å²) in [6, 6.07) is 179. The smallest absolute Gasteiger partial charge is 0.159 e. The maximum atomic E-state index is 13.7. The normalized spacial score (nSPS) is 11.4. The van der Waals surface area contributed by atoms with Gasteiger partial charge in [0.25, 0.3) is 0 Å². The van der Waals surface area contributed by atoms with Crippen molar-refractivity contribution in [2.75, 3.05) is 14.7 Å². The highest BCUT2D eigenvalue weighted by molar-refractivity contribution is 7.27. The molecule has 26 rings (SSSR count). The van der Waals surface area contributed by atoms with E-state index in [-0.39, 0.29) is 5.82 Å². The number of rotatable bonds is 18. The van der Waals surface area contributed by atoms with Crippen molar-refractivity contribution in [1.82, 2.24) is 9.97 Å². The molecule has 0 amide bonds. The van der Waals surface area contributed by atoms with E-state index in [1.807, 2.05) is 102 Å². The molecule has 672 valence electrons. The van der Waals surface area contributed by atoms with Crippen LogP contribution in [-0.4, -0.2) is 9.97 Å². The van der Waals surface area contributed by atoms with Gasteiger partial charge in [0.05, 0.1) is 17.6 Å². The molecule has 4 aromatic heterocycles. The minimum atomic E-state index is -0.231. The van der Waals surface area contributed by atoms with Gasteiger partial charge in [0.2, 0.25) is 0 Å². The molecule has 0 saturated carbocycles. The molecule has 0 aliphatic heterocycles. The standard InChI is InChI=1S/C48H30FNS.C46H31N3O.C39H29NS/c49-39-21-16-32(17-22-39)33-18-23-40(24-19-33)50(42-25-20-31-8-1-2-9-34(31)26-42)41-14-7-13-37(27-41)44-29-38-12-5-6-15-43(38)48-47(44)45-28-35-10-3-4-11-36(35)30-46(45)51-48;1-4-12-32(13-5-1)33-20-25-38(26-21-33)49(42-31-47-46(36-16-8-3-9-17-36)48-45(42)35-14-6-2-7-15-35)39-27-22-34(23-28-39)37-24-29-41-40-18-10-11-19-43(40)50-44(41)30-37;1-2-11-30-14-10-19-38-39(30)36-27-32(22-25-37(36)41-38)29-20-23-34(24-21-29)40(33-16-7-4-8-17-33)35-18-9-15-31(26-35)28-12-5-3-6-13-28/h1-30H;1-31H;2-27H,1H3/b;;11-2+. The van der Waals surface area contributed by atoms with E-state index in [0.29, 0.717) is 5.82 Å². The first-order valence-corrected chi connectivity index (χ1v) is 49.5. The molecule has 0 radical (unpaired) electrons. The lowest BCUT2D eigenvalue weighted by Crippen LogP contribution is -2.13. The quantitative estimate of drug-likeness (QED) is 0.0853. The zero-order valence-corrected chi connectivity index (χ0v) is 79.2. The monoisotopic (exact) mass is 1860 g/mol. The number of hydrogen-bond acceptors (Lipinski definition) is 8. The van der Waals surface area contributed by atoms with Crippen LogP contribution in [0.3, 0.4) is 0 Å². The molecule has 22 aromatic carbocycles. The van der Waals surface area contributed by atoms with Gasteiger partial charge in [0.15, 0.2) is 5.82 Å². The van der Waals surface area contributed by atoms with E-state index in [2.05, 4.69) is 458 Å². The average Bonchev–Trinajstić information content (AvgIpc) is 1.57. The van der Waals surface area contributed by atoms with Crippen LogP contribution in [0.25, 0.3) is 190 Å². The van der Waals surface area contributed by atoms with Crippen LogP contribution < -0.4 is 14.7 Å². The van der Waals surface area contributed by atoms with E-state index >= 15 is 0 Å². The first kappa shape index (κ1) is 86.8. The first-order chi connectivity index (χ1) is 70.2. The van der Waals surface area contributed by atoms with Crippen LogP contribution in [0.5, 0.6) is 0 Å². The number of nitrogens with zero attached hydrogens (tertiary/aromatic N) is 5. The summed E-state index contributed by atoms with van der Waals surface area (Å²) >= 11 is 3.76. The Morgan fingerprint density at radius 3 is 1.31 bits per heavy atom. The van der Waals surface area contributed by atoms with Crippen molar-refractivity contribution in [2.24, 2.45) is 0 Å². The van der Waals surface area contributed by atoms with Gasteiger partial charge in [-0.05, 0) is 275 Å². The number of hydrogen-bond donors (Lipinski definition) is 0. The second kappa shape index (κ2) is 38.5. The van der Waals surface area contributed by atoms with Crippen molar-refractivity contribution < 1.29 is 8.81 Å². The maximum absolute atomic E-state index is 13.7. The second-order valence-corrected chi connectivity index (χ2v) is 37.7. The van der Waals surface area contributed by atoms with Crippen molar-refractivity contribution in [3.63, 3.8) is 0 Å². The molecule has 0 saturated heterocycles. The fourth-order valence-electron chi connectivity index (χ4n) is 19.8. The largest absolute Gasteiger partial charge is 0.456 e. The predicted octanol–water partition coefficient (Wildman–Crippen LogP) is 38.9. The van der Waals surface area contributed by atoms with Gasteiger partial charge in [0.1, 0.15) is 17.0 Å². The Bertz CT molecular complexity index is 9150. The van der Waals surface area contributed by atoms with Crippen LogP contribution in [0.1, 0.15) is 12.5 Å². The lowest BCUT2D eigenvalue weighted by molar-refractivity contribution is 0.628. The lowest BCUT2D eigenvalue weighted by atomic mass is 9.94. The number of allylic oxidation sites excluding steroid dienone is 1. The van der Waals surface area contributed by atoms with Crippen LogP contribution in [0, 0.1) is 5.82 Å². The Kier molecular flexibility index (Phi) is 23.6. The fraction of sp³-hybridized carbons (Fsp3) is 0.00752. The summed E-state index contributed by atoms with van der Waals surface area (Å²) in [5.41, 5.74) is 29.2. The van der Waals surface area contributed by atoms with E-state index in [9.17, 15) is 4.39 Å². The highest BCUT2D eigenvalue weighted by atomic mass is 32.1. The van der Waals surface area contributed by atoms with Crippen molar-refractivity contribution >= 4 is 175 Å². The van der Waals surface area contributed by atoms with Gasteiger partial charge >= 0.3 is 0 Å². The third-order valence-corrected chi connectivity index (χ3v) is 29.1. The SMILES string of the molecule is C/C=C/c1cccc2sc3ccc(-c4ccc(N(c5ccccc5)c5cccc(-c6ccccc6)c5)cc4)cc3c12.Fc1ccc(-c2ccc(N(c3cccc(-c4cc5ccccc5c5sc6cc7ccccc7cc6c45)c3)c3ccc4ccccc4c3)cc2)cc1.c1ccc(-c2ccc(N(c3ccc(-c4ccc5c(c4)oc4ccccc45)cc3)c3cnc(-c4ccccc4)nc3-c3ccccc3)cc2)cc1. The second-order valence-electron chi connectivity index (χ2n) is 35.5. The Morgan fingerprint density at radius 2 is 0.676 bits per heavy atom. The minimum absolute atomic E-state index is 0.231. The number of anilines is 9. The van der Waals surface area contributed by atoms with Gasteiger partial charge in [-0.1, -0.05) is 358 Å². The molecule has 0 spiro atoms. The summed E-state index contributed by atoms with van der Waals surface area (Å²) in [7, 11) is 0. The molecular formula is C133H90FN5OS2. The van der Waals surface area contributed by atoms with Crippen molar-refractivity contribution in [3.05, 3.63) is 533 Å². The zero-order chi connectivity index (χ0) is 94.8. The summed E-state index contributed by atoms with van der Waals surface area (Å²) in [5, 5.41) is 15.0. The molecule has 0 aliphatic rings. The van der Waals surface area contributed by atoms with Gasteiger partial charge in [-0.15, -0.1) is 22.7 Å². The fourth-order valence-corrected chi connectivity index (χ4v) is 22.2. The number of halogens is 1. The van der Waals surface area contributed by atoms with Crippen LogP contribution in [-0.2, 0) is 0 Å². The van der Waals surface area contributed by atoms with Gasteiger partial charge in [-0.3, -0.25) is 0 Å². The average molecular weight is 1860 g/mol. The summed E-state index contributed by atoms with van der Waals surface area (Å²) in [6.45, 7) is 2.08. The van der Waals surface area contributed by atoms with E-state index in [4.69, 9.17) is 14.4 Å². The molecule has 9 heteroatoms. The number of thiophene rings is 2. The van der Waals surface area contributed by atoms with Crippen LogP contribution in [0.2, 0.25) is 0 Å². The van der Waals surface area contributed by atoms with E-state index in [1.54, 1.807) is 0 Å². The number of benzene rings is 22. The molecule has 0 aliphatic carbocycles. The third kappa shape index (κ3) is 17.3. The van der Waals surface area contributed by atoms with Crippen molar-refractivity contribution in [2.45, 2.75) is 6.92 Å². The summed E-state index contributed by atoms with van der Waals surface area (Å²) < 4.78 is 25.2. The number of fused-ring (bicyclic) bond motifs is 13. The van der Waals surface area contributed by atoms with Crippen molar-refractivity contribution in [1.29, 1.82) is 0 Å². The molecule has 6 nitrogen and oxygen atoms in total. The van der Waals surface area contributed by atoms with E-state index < -0.39 is 0 Å². The van der Waals surface area contributed by atoms with Crippen LogP contribution >= 0.6 is 22.7 Å². The highest BCUT2D eigenvalue weighted by Crippen LogP contribution is 2.50. The first-order valence-electron chi connectivity index (χ1n) is 47.9. The summed E-state index contributed by atoms with van der Waals surface area (Å²) in [4.78, 5) is 17.0. The Labute approximate surface area is 831 Å². The summed E-state index contributed by atoms with van der Waals surface area (Å²) in [6.07, 6.45) is 6.28. The van der Waals surface area contributed by atoms with E-state index in [0.717, 1.165) is 118 Å². The zero-order valence-electron chi connectivity index (χ0n) is 77.6. The third-order valence-electron chi connectivity index (χ3n) is 26.8. The highest BCUT2D eigenvalue weighted by Gasteiger charge is 2.25. The van der Waals surface area contributed by atoms with Gasteiger partial charge < -0.3 is 19.1 Å². The molecular weight excluding hydrogens is 1770 g/mol. The van der Waals surface area contributed by atoms with Crippen LogP contribution in [0.15, 0.2) is 526 Å². The molecule has 0 unspecified atom stereocenters. The minimum Gasteiger partial charge on any atom is -0.456 e. The lowest BCUT2D eigenvalue weighted by Gasteiger charge is -2.27. The topological polar surface area (TPSA) is 48.6 Å². The number of aromatic nitrogens is 2. The number of furan rings is 1. The van der Waals surface area contributed by atoms with Gasteiger partial charge in [-0.25, -0.2) is 14.4 Å². The molecule has 26 aromatic rings. The number of para-hydroxylation sites is 2. The van der Waals surface area contributed by atoms with Gasteiger partial charge in [-0.2, -0.15) is 0 Å². The molecule has 0 atom stereocenters.